The van der Waals surface area contributed by atoms with Gasteiger partial charge in [0.2, 0.25) is 5.95 Å². The Kier molecular flexibility index (Phi) is 5.86. The zero-order chi connectivity index (χ0) is 21.9. The van der Waals surface area contributed by atoms with E-state index in [1.807, 2.05) is 18.5 Å². The van der Waals surface area contributed by atoms with Crippen molar-refractivity contribution in [2.45, 2.75) is 0 Å². The van der Waals surface area contributed by atoms with E-state index in [-0.39, 0.29) is 5.24 Å². The lowest BCUT2D eigenvalue weighted by molar-refractivity contribution is -0.115. The van der Waals surface area contributed by atoms with Crippen molar-refractivity contribution < 1.29 is 14.3 Å². The first-order valence-corrected chi connectivity index (χ1v) is 11.2. The van der Waals surface area contributed by atoms with Gasteiger partial charge < -0.3 is 19.4 Å². The summed E-state index contributed by atoms with van der Waals surface area (Å²) in [5.41, 5.74) is 1.59. The number of hydrogen-bond donors (Lipinski definition) is 1. The molecular formula is C20H22N8O3S. The maximum Gasteiger partial charge on any atom is 0.290 e. The second-order valence-electron chi connectivity index (χ2n) is 7.47. The van der Waals surface area contributed by atoms with Gasteiger partial charge in [0.15, 0.2) is 0 Å². The van der Waals surface area contributed by atoms with Crippen LogP contribution in [0.15, 0.2) is 29.7 Å². The van der Waals surface area contributed by atoms with Crippen molar-refractivity contribution in [3.63, 3.8) is 0 Å². The molecule has 3 fully saturated rings. The molecule has 0 aliphatic carbocycles. The van der Waals surface area contributed by atoms with Gasteiger partial charge in [0.1, 0.15) is 12.1 Å². The fourth-order valence-corrected chi connectivity index (χ4v) is 4.45. The van der Waals surface area contributed by atoms with Crippen LogP contribution in [0.5, 0.6) is 0 Å². The van der Waals surface area contributed by atoms with E-state index in [4.69, 9.17) is 14.7 Å². The number of piperazine rings is 1. The van der Waals surface area contributed by atoms with Gasteiger partial charge in [-0.1, -0.05) is 0 Å². The van der Waals surface area contributed by atoms with Crippen LogP contribution in [0.4, 0.5) is 22.2 Å². The van der Waals surface area contributed by atoms with Gasteiger partial charge in [-0.05, 0) is 17.8 Å². The average Bonchev–Trinajstić information content (AvgIpc) is 3.16. The Labute approximate surface area is 188 Å². The standard InChI is InChI=1S/C20H22N8O3S/c29-18-16(32-20(30)25-18)9-14-10-17(27-5-7-31-8-6-27)24-19(23-14)28-3-1-26(2-4-28)15-11-21-13-22-12-15/h9-13H,1-8H2,(H,25,29,30)/b16-9-. The average molecular weight is 455 g/mol. The summed E-state index contributed by atoms with van der Waals surface area (Å²) >= 11 is 0.885. The number of nitrogens with one attached hydrogen (secondary N) is 1. The summed E-state index contributed by atoms with van der Waals surface area (Å²) in [6.45, 7) is 5.82. The molecule has 32 heavy (non-hydrogen) atoms. The molecule has 2 amide bonds. The van der Waals surface area contributed by atoms with Crippen LogP contribution >= 0.6 is 11.8 Å². The Morgan fingerprint density at radius 1 is 0.938 bits per heavy atom. The molecule has 11 nitrogen and oxygen atoms in total. The fourth-order valence-electron chi connectivity index (χ4n) is 3.78. The molecule has 2 aromatic heterocycles. The lowest BCUT2D eigenvalue weighted by Crippen LogP contribution is -2.47. The van der Waals surface area contributed by atoms with E-state index in [9.17, 15) is 9.59 Å². The van der Waals surface area contributed by atoms with Crippen molar-refractivity contribution in [3.8, 4) is 0 Å². The van der Waals surface area contributed by atoms with Crippen LogP contribution in [0.2, 0.25) is 0 Å². The largest absolute Gasteiger partial charge is 0.378 e. The molecule has 3 aliphatic rings. The van der Waals surface area contributed by atoms with Crippen LogP contribution in [-0.2, 0) is 9.53 Å². The Hall–Kier alpha value is -3.25. The molecule has 2 aromatic rings. The normalized spacial score (nSPS) is 20.8. The van der Waals surface area contributed by atoms with Gasteiger partial charge in [-0.2, -0.15) is 4.98 Å². The molecule has 0 bridgehead atoms. The number of anilines is 3. The Morgan fingerprint density at radius 2 is 1.66 bits per heavy atom. The Bertz CT molecular complexity index is 1040. The third-order valence-corrected chi connectivity index (χ3v) is 6.26. The SMILES string of the molecule is O=C1NC(=O)/C(=C/c2cc(N3CCOCC3)nc(N3CCN(c4cncnc4)CC3)n2)S1. The van der Waals surface area contributed by atoms with E-state index in [0.29, 0.717) is 29.8 Å². The molecular weight excluding hydrogens is 432 g/mol. The summed E-state index contributed by atoms with van der Waals surface area (Å²) in [4.78, 5) is 48.2. The summed E-state index contributed by atoms with van der Waals surface area (Å²) in [5.74, 6) is 1.00. The molecule has 12 heteroatoms. The highest BCUT2D eigenvalue weighted by Gasteiger charge is 2.26. The molecule has 0 aromatic carbocycles. The number of carbonyl (C=O) groups is 2. The maximum absolute atomic E-state index is 12.0. The van der Waals surface area contributed by atoms with Gasteiger partial charge >= 0.3 is 0 Å². The molecule has 0 spiro atoms. The number of carbonyl (C=O) groups excluding carboxylic acids is 2. The van der Waals surface area contributed by atoms with Crippen LogP contribution in [0.25, 0.3) is 6.08 Å². The molecule has 166 valence electrons. The Morgan fingerprint density at radius 3 is 2.34 bits per heavy atom. The highest BCUT2D eigenvalue weighted by molar-refractivity contribution is 8.18. The molecule has 5 rings (SSSR count). The van der Waals surface area contributed by atoms with Gasteiger partial charge in [-0.3, -0.25) is 14.9 Å². The molecule has 0 atom stereocenters. The highest BCUT2D eigenvalue weighted by Crippen LogP contribution is 2.27. The molecule has 5 heterocycles. The molecule has 0 unspecified atom stereocenters. The van der Waals surface area contributed by atoms with E-state index in [1.54, 1.807) is 6.08 Å². The van der Waals surface area contributed by atoms with Crippen LogP contribution < -0.4 is 20.0 Å². The quantitative estimate of drug-likeness (QED) is 0.660. The van der Waals surface area contributed by atoms with Gasteiger partial charge in [0.05, 0.1) is 41.9 Å². The van der Waals surface area contributed by atoms with Gasteiger partial charge in [0.25, 0.3) is 11.1 Å². The number of rotatable bonds is 4. The minimum Gasteiger partial charge on any atom is -0.378 e. The monoisotopic (exact) mass is 454 g/mol. The summed E-state index contributed by atoms with van der Waals surface area (Å²) in [6.07, 6.45) is 6.80. The number of hydrogen-bond acceptors (Lipinski definition) is 11. The van der Waals surface area contributed by atoms with E-state index in [1.165, 1.54) is 6.33 Å². The molecule has 0 saturated carbocycles. The predicted octanol–water partition coefficient (Wildman–Crippen LogP) is 0.754. The topological polar surface area (TPSA) is 117 Å². The summed E-state index contributed by atoms with van der Waals surface area (Å²) in [5, 5.41) is 1.91. The third-order valence-electron chi connectivity index (χ3n) is 5.45. The minimum absolute atomic E-state index is 0.335. The van der Waals surface area contributed by atoms with E-state index >= 15 is 0 Å². The minimum atomic E-state index is -0.397. The maximum atomic E-state index is 12.0. The number of nitrogens with zero attached hydrogens (tertiary/aromatic N) is 7. The van der Waals surface area contributed by atoms with E-state index in [2.05, 4.69) is 30.0 Å². The number of thioether (sulfide) groups is 1. The van der Waals surface area contributed by atoms with E-state index < -0.39 is 5.91 Å². The summed E-state index contributed by atoms with van der Waals surface area (Å²) < 4.78 is 5.47. The van der Waals surface area contributed by atoms with E-state index in [0.717, 1.165) is 62.5 Å². The number of imide groups is 1. The third kappa shape index (κ3) is 4.50. The van der Waals surface area contributed by atoms with Gasteiger partial charge in [0, 0.05) is 45.3 Å². The lowest BCUT2D eigenvalue weighted by atomic mass is 10.3. The fraction of sp³-hybridized carbons (Fsp3) is 0.400. The van der Waals surface area contributed by atoms with Gasteiger partial charge in [-0.25, -0.2) is 15.0 Å². The van der Waals surface area contributed by atoms with Crippen LogP contribution in [0, 0.1) is 0 Å². The number of aromatic nitrogens is 4. The van der Waals surface area contributed by atoms with Crippen molar-refractivity contribution >= 4 is 46.4 Å². The van der Waals surface area contributed by atoms with Crippen LogP contribution in [0.1, 0.15) is 5.69 Å². The first-order chi connectivity index (χ1) is 15.7. The van der Waals surface area contributed by atoms with Gasteiger partial charge in [-0.15, -0.1) is 0 Å². The van der Waals surface area contributed by atoms with Crippen LogP contribution in [0.3, 0.4) is 0 Å². The zero-order valence-corrected chi connectivity index (χ0v) is 18.1. The summed E-state index contributed by atoms with van der Waals surface area (Å²) in [6, 6.07) is 1.86. The second kappa shape index (κ2) is 9.09. The molecule has 1 N–H and O–H groups in total. The van der Waals surface area contributed by atoms with Crippen molar-refractivity contribution in [2.75, 3.05) is 67.2 Å². The van der Waals surface area contributed by atoms with Crippen molar-refractivity contribution in [1.29, 1.82) is 0 Å². The first kappa shape index (κ1) is 20.6. The first-order valence-electron chi connectivity index (χ1n) is 10.4. The van der Waals surface area contributed by atoms with Crippen LogP contribution in [-0.4, -0.2) is 83.6 Å². The van der Waals surface area contributed by atoms with Crippen molar-refractivity contribution in [3.05, 3.63) is 35.4 Å². The van der Waals surface area contributed by atoms with Crippen molar-refractivity contribution in [2.24, 2.45) is 0 Å². The smallest absolute Gasteiger partial charge is 0.290 e. The highest BCUT2D eigenvalue weighted by atomic mass is 32.2. The number of morpholine rings is 1. The molecule has 3 saturated heterocycles. The second-order valence-corrected chi connectivity index (χ2v) is 8.49. The number of ether oxygens (including phenoxy) is 1. The predicted molar refractivity (Wildman–Crippen MR) is 121 cm³/mol. The lowest BCUT2D eigenvalue weighted by Gasteiger charge is -2.36. The summed E-state index contributed by atoms with van der Waals surface area (Å²) in [7, 11) is 0. The Balaban J connectivity index is 1.40. The molecule has 0 radical (unpaired) electrons. The zero-order valence-electron chi connectivity index (χ0n) is 17.3. The number of amides is 2. The molecule has 3 aliphatic heterocycles. The van der Waals surface area contributed by atoms with Crippen molar-refractivity contribution in [1.82, 2.24) is 25.3 Å².